The average molecular weight is 143 g/mol. The number of nitrogens with one attached hydrogen (secondary N) is 1. The van der Waals surface area contributed by atoms with E-state index in [1.807, 2.05) is 20.8 Å². The van der Waals surface area contributed by atoms with Crippen LogP contribution < -0.4 is 5.32 Å². The Morgan fingerprint density at radius 2 is 2.10 bits per heavy atom. The van der Waals surface area contributed by atoms with Gasteiger partial charge < -0.3 is 10.4 Å². The molecular weight excluding hydrogens is 126 g/mol. The van der Waals surface area contributed by atoms with Crippen molar-refractivity contribution < 1.29 is 5.11 Å². The molecule has 2 N–H and O–H groups in total. The van der Waals surface area contributed by atoms with Crippen molar-refractivity contribution >= 4 is 0 Å². The van der Waals surface area contributed by atoms with Crippen molar-refractivity contribution in [3.05, 3.63) is 12.2 Å². The summed E-state index contributed by atoms with van der Waals surface area (Å²) in [5.74, 6) is 0. The molecule has 0 amide bonds. The second kappa shape index (κ2) is 4.47. The number of aliphatic hydroxyl groups excluding tert-OH is 1. The Bertz CT molecular complexity index is 110. The van der Waals surface area contributed by atoms with E-state index >= 15 is 0 Å². The van der Waals surface area contributed by atoms with Crippen LogP contribution in [0.2, 0.25) is 0 Å². The van der Waals surface area contributed by atoms with Crippen molar-refractivity contribution in [2.24, 2.45) is 0 Å². The molecule has 0 aliphatic carbocycles. The minimum Gasteiger partial charge on any atom is -0.394 e. The summed E-state index contributed by atoms with van der Waals surface area (Å²) in [6.07, 6.45) is 0. The maximum atomic E-state index is 8.82. The summed E-state index contributed by atoms with van der Waals surface area (Å²) in [7, 11) is 0. The maximum Gasteiger partial charge on any atom is 0.0623 e. The predicted octanol–water partition coefficient (Wildman–Crippen LogP) is 0.921. The molecule has 0 unspecified atom stereocenters. The first-order valence-electron chi connectivity index (χ1n) is 3.60. The lowest BCUT2D eigenvalue weighted by atomic mass is 10.1. The van der Waals surface area contributed by atoms with E-state index in [9.17, 15) is 0 Å². The summed E-state index contributed by atoms with van der Waals surface area (Å²) in [6.45, 7) is 9.90. The van der Waals surface area contributed by atoms with Crippen LogP contribution in [0.25, 0.3) is 0 Å². The van der Waals surface area contributed by atoms with Crippen molar-refractivity contribution in [1.29, 1.82) is 0 Å². The van der Waals surface area contributed by atoms with E-state index in [2.05, 4.69) is 11.9 Å². The van der Waals surface area contributed by atoms with E-state index in [0.717, 1.165) is 5.57 Å². The van der Waals surface area contributed by atoms with E-state index in [1.54, 1.807) is 0 Å². The molecule has 0 aliphatic heterocycles. The molecule has 0 aromatic rings. The lowest BCUT2D eigenvalue weighted by Crippen LogP contribution is -2.37. The van der Waals surface area contributed by atoms with E-state index < -0.39 is 0 Å². The van der Waals surface area contributed by atoms with Gasteiger partial charge in [-0.2, -0.15) is 0 Å². The lowest BCUT2D eigenvalue weighted by Gasteiger charge is -2.18. The summed E-state index contributed by atoms with van der Waals surface area (Å²) in [6, 6.07) is 0.453. The molecule has 0 aromatic heterocycles. The highest BCUT2D eigenvalue weighted by atomic mass is 16.3. The first kappa shape index (κ1) is 9.66. The number of hydrogen-bond donors (Lipinski definition) is 2. The Morgan fingerprint density at radius 3 is 2.20 bits per heavy atom. The first-order valence-corrected chi connectivity index (χ1v) is 3.60. The molecule has 0 saturated heterocycles. The van der Waals surface area contributed by atoms with Gasteiger partial charge >= 0.3 is 0 Å². The van der Waals surface area contributed by atoms with Gasteiger partial charge in [0.1, 0.15) is 0 Å². The maximum absolute atomic E-state index is 8.82. The molecule has 0 spiro atoms. The summed E-state index contributed by atoms with van der Waals surface area (Å²) < 4.78 is 0. The van der Waals surface area contributed by atoms with E-state index in [4.69, 9.17) is 5.11 Å². The zero-order valence-electron chi connectivity index (χ0n) is 7.02. The third kappa shape index (κ3) is 3.64. The third-order valence-electron chi connectivity index (χ3n) is 1.31. The molecule has 0 rings (SSSR count). The number of rotatable bonds is 4. The van der Waals surface area contributed by atoms with Gasteiger partial charge in [-0.3, -0.25) is 0 Å². The van der Waals surface area contributed by atoms with E-state index in [1.165, 1.54) is 0 Å². The van der Waals surface area contributed by atoms with E-state index in [-0.39, 0.29) is 12.6 Å². The van der Waals surface area contributed by atoms with Gasteiger partial charge in [0, 0.05) is 6.04 Å². The normalized spacial score (nSPS) is 13.7. The highest BCUT2D eigenvalue weighted by molar-refractivity contribution is 5.01. The van der Waals surface area contributed by atoms with Crippen LogP contribution in [0.5, 0.6) is 0 Å². The summed E-state index contributed by atoms with van der Waals surface area (Å²) in [4.78, 5) is 0. The van der Waals surface area contributed by atoms with Crippen LogP contribution in [-0.4, -0.2) is 23.8 Å². The quantitative estimate of drug-likeness (QED) is 0.574. The van der Waals surface area contributed by atoms with Gasteiger partial charge in [0.2, 0.25) is 0 Å². The molecule has 0 aliphatic rings. The first-order chi connectivity index (χ1) is 4.57. The molecule has 0 aromatic carbocycles. The fourth-order valence-corrected chi connectivity index (χ4v) is 0.753. The van der Waals surface area contributed by atoms with Crippen molar-refractivity contribution in [3.8, 4) is 0 Å². The smallest absolute Gasteiger partial charge is 0.0623 e. The average Bonchev–Trinajstić information content (AvgIpc) is 1.81. The second-order valence-corrected chi connectivity index (χ2v) is 2.90. The molecule has 0 bridgehead atoms. The largest absolute Gasteiger partial charge is 0.394 e. The highest BCUT2D eigenvalue weighted by Gasteiger charge is 2.07. The number of hydrogen-bond acceptors (Lipinski definition) is 2. The molecule has 0 saturated carbocycles. The zero-order valence-corrected chi connectivity index (χ0v) is 7.02. The predicted molar refractivity (Wildman–Crippen MR) is 44.0 cm³/mol. The molecule has 60 valence electrons. The van der Waals surface area contributed by atoms with E-state index in [0.29, 0.717) is 6.04 Å². The van der Waals surface area contributed by atoms with Gasteiger partial charge in [-0.05, 0) is 6.92 Å². The third-order valence-corrected chi connectivity index (χ3v) is 1.31. The Hall–Kier alpha value is -0.340. The molecular formula is C8H17NO. The van der Waals surface area contributed by atoms with Crippen LogP contribution in [0.1, 0.15) is 20.8 Å². The fourth-order valence-electron chi connectivity index (χ4n) is 0.753. The molecule has 0 heterocycles. The standard InChI is InChI=1S/C8H17NO/c1-6(2)8(5-10)9-7(3)4/h7-10H,1,5H2,2-4H3/t8-/m0/s1. The molecule has 2 heteroatoms. The molecule has 0 radical (unpaired) electrons. The van der Waals surface area contributed by atoms with Gasteiger partial charge in [-0.25, -0.2) is 0 Å². The lowest BCUT2D eigenvalue weighted by molar-refractivity contribution is 0.253. The van der Waals surface area contributed by atoms with Crippen molar-refractivity contribution in [3.63, 3.8) is 0 Å². The Kier molecular flexibility index (Phi) is 4.32. The van der Waals surface area contributed by atoms with Crippen molar-refractivity contribution in [2.45, 2.75) is 32.9 Å². The monoisotopic (exact) mass is 143 g/mol. The summed E-state index contributed by atoms with van der Waals surface area (Å²) in [5, 5.41) is 12.0. The van der Waals surface area contributed by atoms with Crippen LogP contribution in [0, 0.1) is 0 Å². The summed E-state index contributed by atoms with van der Waals surface area (Å²) in [5.41, 5.74) is 0.983. The molecule has 0 fully saturated rings. The number of aliphatic hydroxyl groups is 1. The Balaban J connectivity index is 3.72. The molecule has 2 nitrogen and oxygen atoms in total. The minimum atomic E-state index is 0.0556. The van der Waals surface area contributed by atoms with Gasteiger partial charge in [-0.1, -0.05) is 26.0 Å². The SMILES string of the molecule is C=C(C)[C@H](CO)NC(C)C. The Labute approximate surface area is 62.9 Å². The topological polar surface area (TPSA) is 32.3 Å². The van der Waals surface area contributed by atoms with Crippen LogP contribution in [0.3, 0.4) is 0 Å². The summed E-state index contributed by atoms with van der Waals surface area (Å²) >= 11 is 0. The highest BCUT2D eigenvalue weighted by Crippen LogP contribution is 1.97. The molecule has 10 heavy (non-hydrogen) atoms. The van der Waals surface area contributed by atoms with Crippen LogP contribution in [-0.2, 0) is 0 Å². The molecule has 1 atom stereocenters. The van der Waals surface area contributed by atoms with Gasteiger partial charge in [0.25, 0.3) is 0 Å². The van der Waals surface area contributed by atoms with Crippen molar-refractivity contribution in [1.82, 2.24) is 5.32 Å². The van der Waals surface area contributed by atoms with Crippen LogP contribution in [0.4, 0.5) is 0 Å². The minimum absolute atomic E-state index is 0.0556. The Morgan fingerprint density at radius 1 is 1.60 bits per heavy atom. The van der Waals surface area contributed by atoms with Gasteiger partial charge in [0.05, 0.1) is 12.6 Å². The van der Waals surface area contributed by atoms with Gasteiger partial charge in [0.15, 0.2) is 0 Å². The van der Waals surface area contributed by atoms with Crippen molar-refractivity contribution in [2.75, 3.05) is 6.61 Å². The zero-order chi connectivity index (χ0) is 8.15. The second-order valence-electron chi connectivity index (χ2n) is 2.90. The van der Waals surface area contributed by atoms with Crippen LogP contribution in [0.15, 0.2) is 12.2 Å². The fraction of sp³-hybridized carbons (Fsp3) is 0.750. The van der Waals surface area contributed by atoms with Crippen LogP contribution >= 0.6 is 0 Å². The van der Waals surface area contributed by atoms with Gasteiger partial charge in [-0.15, -0.1) is 0 Å².